The first-order valence-corrected chi connectivity index (χ1v) is 9.70. The molecule has 3 N–H and O–H groups in total. The Bertz CT molecular complexity index is 646. The monoisotopic (exact) mass is 329 g/mol. The van der Waals surface area contributed by atoms with Crippen LogP contribution in [0.5, 0.6) is 0 Å². The lowest BCUT2D eigenvalue weighted by Gasteiger charge is -2.58. The van der Waals surface area contributed by atoms with Gasteiger partial charge in [-0.3, -0.25) is 4.79 Å². The first-order chi connectivity index (χ1) is 11.3. The van der Waals surface area contributed by atoms with Crippen LogP contribution in [0.25, 0.3) is 0 Å². The van der Waals surface area contributed by atoms with E-state index in [1.165, 1.54) is 17.6 Å². The lowest BCUT2D eigenvalue weighted by molar-refractivity contribution is -0.118. The second-order valence-electron chi connectivity index (χ2n) is 9.18. The van der Waals surface area contributed by atoms with Crippen molar-refractivity contribution in [3.05, 3.63) is 22.9 Å². The first-order valence-electron chi connectivity index (χ1n) is 9.70. The number of Topliss-reactive ketones (excluding diaryl/α,β-unsaturated/α-hetero) is 1. The number of aliphatic hydroxyl groups excluding tert-OH is 1. The number of carbonyl (C=O) groups is 1. The Kier molecular flexibility index (Phi) is 3.55. The zero-order chi connectivity index (χ0) is 17.3. The van der Waals surface area contributed by atoms with E-state index in [1.807, 2.05) is 6.92 Å². The molecule has 6 atom stereocenters. The van der Waals surface area contributed by atoms with Crippen LogP contribution in [0.3, 0.4) is 0 Å². The number of rotatable bonds is 1. The molecule has 3 nitrogen and oxygen atoms in total. The third-order valence-corrected chi connectivity index (χ3v) is 8.26. The quantitative estimate of drug-likeness (QED) is 0.721. The molecule has 0 bridgehead atoms. The molecular weight excluding hydrogens is 298 g/mol. The van der Waals surface area contributed by atoms with Crippen molar-refractivity contribution in [1.82, 2.24) is 0 Å². The van der Waals surface area contributed by atoms with Crippen LogP contribution in [0, 0.1) is 28.6 Å². The van der Waals surface area contributed by atoms with Gasteiger partial charge in [-0.05, 0) is 85.2 Å². The molecule has 0 saturated heterocycles. The van der Waals surface area contributed by atoms with Crippen LogP contribution in [0.1, 0.15) is 65.7 Å². The summed E-state index contributed by atoms with van der Waals surface area (Å²) >= 11 is 0. The third-order valence-electron chi connectivity index (χ3n) is 8.26. The summed E-state index contributed by atoms with van der Waals surface area (Å²) in [6.07, 6.45) is 9.21. The first kappa shape index (κ1) is 16.4. The average Bonchev–Trinajstić information content (AvgIpc) is 2.89. The Morgan fingerprint density at radius 3 is 2.62 bits per heavy atom. The molecule has 2 saturated carbocycles. The highest BCUT2D eigenvalue weighted by Gasteiger charge is 2.58. The van der Waals surface area contributed by atoms with Crippen molar-refractivity contribution in [2.24, 2.45) is 34.3 Å². The van der Waals surface area contributed by atoms with Crippen LogP contribution in [0.2, 0.25) is 0 Å². The van der Waals surface area contributed by atoms with E-state index in [9.17, 15) is 9.90 Å². The van der Waals surface area contributed by atoms with Gasteiger partial charge in [-0.2, -0.15) is 0 Å². The molecule has 0 radical (unpaired) electrons. The van der Waals surface area contributed by atoms with Crippen LogP contribution in [0.4, 0.5) is 0 Å². The fourth-order valence-electron chi connectivity index (χ4n) is 7.00. The molecule has 0 heterocycles. The Morgan fingerprint density at radius 2 is 1.92 bits per heavy atom. The Hall–Kier alpha value is -1.09. The Balaban J connectivity index is 1.69. The van der Waals surface area contributed by atoms with E-state index in [-0.39, 0.29) is 22.7 Å². The summed E-state index contributed by atoms with van der Waals surface area (Å²) in [5.74, 6) is 2.16. The predicted molar refractivity (Wildman–Crippen MR) is 95.0 cm³/mol. The molecule has 0 spiro atoms. The number of ketones is 1. The van der Waals surface area contributed by atoms with Gasteiger partial charge in [-0.25, -0.2) is 0 Å². The molecule has 0 aromatic rings. The van der Waals surface area contributed by atoms with Crippen molar-refractivity contribution in [2.75, 3.05) is 0 Å². The molecule has 4 aliphatic carbocycles. The van der Waals surface area contributed by atoms with Crippen molar-refractivity contribution in [3.63, 3.8) is 0 Å². The maximum atomic E-state index is 12.1. The minimum absolute atomic E-state index is 0.121. The van der Waals surface area contributed by atoms with Crippen LogP contribution in [-0.4, -0.2) is 17.0 Å². The van der Waals surface area contributed by atoms with Gasteiger partial charge in [0, 0.05) is 6.42 Å². The summed E-state index contributed by atoms with van der Waals surface area (Å²) in [7, 11) is 0. The maximum absolute atomic E-state index is 12.1. The molecule has 4 aliphatic rings. The fraction of sp³-hybridized carbons (Fsp3) is 0.762. The van der Waals surface area contributed by atoms with Gasteiger partial charge in [0.15, 0.2) is 5.78 Å². The molecule has 0 aliphatic heterocycles. The minimum Gasteiger partial charge on any atom is -0.396 e. The number of carbonyl (C=O) groups excluding carboxylic acids is 1. The number of fused-ring (bicyclic) bond motifs is 5. The highest BCUT2D eigenvalue weighted by molar-refractivity contribution is 5.96. The molecular formula is C21H31NO2. The largest absolute Gasteiger partial charge is 0.396 e. The number of hydrogen-bond donors (Lipinski definition) is 2. The van der Waals surface area contributed by atoms with Crippen LogP contribution < -0.4 is 5.73 Å². The number of aliphatic hydroxyl groups is 1. The topological polar surface area (TPSA) is 63.3 Å². The maximum Gasteiger partial charge on any atom is 0.178 e. The van der Waals surface area contributed by atoms with Gasteiger partial charge >= 0.3 is 0 Å². The molecule has 0 aromatic carbocycles. The van der Waals surface area contributed by atoms with E-state index in [0.29, 0.717) is 29.9 Å². The van der Waals surface area contributed by atoms with E-state index >= 15 is 0 Å². The van der Waals surface area contributed by atoms with Crippen LogP contribution in [0.15, 0.2) is 22.9 Å². The second-order valence-corrected chi connectivity index (χ2v) is 9.18. The van der Waals surface area contributed by atoms with Gasteiger partial charge in [0.25, 0.3) is 0 Å². The van der Waals surface area contributed by atoms with E-state index in [2.05, 4.69) is 19.9 Å². The highest BCUT2D eigenvalue weighted by atomic mass is 16.3. The second kappa shape index (κ2) is 5.20. The number of nitrogens with two attached hydrogens (primary N) is 1. The van der Waals surface area contributed by atoms with Crippen LogP contribution in [-0.2, 0) is 4.79 Å². The van der Waals surface area contributed by atoms with Crippen molar-refractivity contribution in [1.29, 1.82) is 0 Å². The summed E-state index contributed by atoms with van der Waals surface area (Å²) in [4.78, 5) is 12.1. The predicted octanol–water partition coefficient (Wildman–Crippen LogP) is 3.72. The average molecular weight is 329 g/mol. The van der Waals surface area contributed by atoms with Gasteiger partial charge in [-0.15, -0.1) is 0 Å². The van der Waals surface area contributed by atoms with E-state index in [1.54, 1.807) is 0 Å². The molecule has 4 rings (SSSR count). The van der Waals surface area contributed by atoms with Gasteiger partial charge in [0.1, 0.15) is 0 Å². The van der Waals surface area contributed by atoms with Crippen molar-refractivity contribution < 1.29 is 9.90 Å². The normalized spacial score (nSPS) is 46.1. The lowest BCUT2D eigenvalue weighted by Crippen LogP contribution is -2.51. The Labute approximate surface area is 145 Å². The zero-order valence-electron chi connectivity index (χ0n) is 15.3. The molecule has 3 heteroatoms. The summed E-state index contributed by atoms with van der Waals surface area (Å²) < 4.78 is 0. The highest BCUT2D eigenvalue weighted by Crippen LogP contribution is 2.65. The number of allylic oxidation sites excluding steroid dienone is 3. The summed E-state index contributed by atoms with van der Waals surface area (Å²) in [6.45, 7) is 6.67. The summed E-state index contributed by atoms with van der Waals surface area (Å²) in [5.41, 5.74) is 9.64. The van der Waals surface area contributed by atoms with Crippen molar-refractivity contribution in [2.45, 2.75) is 71.8 Å². The SMILES string of the molecule is C[C@@H](O)C1=CC[C@H]2[C@@H]3CCC4=C(N)C(=O)CC[C@]4(C)[C@H]3CC[C@]12C. The summed E-state index contributed by atoms with van der Waals surface area (Å²) in [5, 5.41) is 10.2. The van der Waals surface area contributed by atoms with Crippen LogP contribution >= 0.6 is 0 Å². The van der Waals surface area contributed by atoms with Crippen molar-refractivity contribution >= 4 is 5.78 Å². The van der Waals surface area contributed by atoms with Gasteiger partial charge < -0.3 is 10.8 Å². The standard InChI is InChI=1S/C21H31NO2/c1-12(23)14-6-7-15-13-4-5-17-19(22)18(24)9-11-21(17,3)16(13)8-10-20(14,15)2/h6,12-13,15-16,23H,4-5,7-11,22H2,1-3H3/t12-,13+,15+,16+,20-,21-/m1/s1. The molecule has 24 heavy (non-hydrogen) atoms. The fourth-order valence-corrected chi connectivity index (χ4v) is 7.00. The molecule has 0 aromatic heterocycles. The molecule has 0 unspecified atom stereocenters. The lowest BCUT2D eigenvalue weighted by atomic mass is 9.46. The minimum atomic E-state index is -0.325. The molecule has 2 fully saturated rings. The van der Waals surface area contributed by atoms with Gasteiger partial charge in [0.2, 0.25) is 0 Å². The van der Waals surface area contributed by atoms with Gasteiger partial charge in [-0.1, -0.05) is 19.9 Å². The summed E-state index contributed by atoms with van der Waals surface area (Å²) in [6, 6.07) is 0. The number of hydrogen-bond acceptors (Lipinski definition) is 3. The third kappa shape index (κ3) is 1.97. The van der Waals surface area contributed by atoms with E-state index < -0.39 is 0 Å². The molecule has 132 valence electrons. The Morgan fingerprint density at radius 1 is 1.17 bits per heavy atom. The zero-order valence-corrected chi connectivity index (χ0v) is 15.3. The van der Waals surface area contributed by atoms with Crippen molar-refractivity contribution in [3.8, 4) is 0 Å². The van der Waals surface area contributed by atoms with E-state index in [4.69, 9.17) is 5.73 Å². The smallest absolute Gasteiger partial charge is 0.178 e. The van der Waals surface area contributed by atoms with E-state index in [0.717, 1.165) is 32.1 Å². The molecule has 0 amide bonds. The van der Waals surface area contributed by atoms with Gasteiger partial charge in [0.05, 0.1) is 11.8 Å².